The number of thiazole rings is 1. The van der Waals surface area contributed by atoms with Crippen LogP contribution in [0.5, 0.6) is 5.75 Å². The maximum Gasteiger partial charge on any atom is 0.230 e. The molecule has 1 N–H and O–H groups in total. The Balaban J connectivity index is 1.72. The molecule has 0 aliphatic rings. The van der Waals surface area contributed by atoms with E-state index in [4.69, 9.17) is 4.74 Å². The number of hydrogen-bond donors (Lipinski definition) is 1. The number of fused-ring (bicyclic) bond motifs is 1. The molecule has 2 aromatic carbocycles. The SMILES string of the molecule is COc1cccc2sc(NC(=O)Cc3ccc(SC)cc3)nc12. The van der Waals surface area contributed by atoms with Gasteiger partial charge in [-0.1, -0.05) is 29.5 Å². The molecule has 1 heterocycles. The molecular formula is C17H16N2O2S2. The second kappa shape index (κ2) is 7.02. The third-order valence-electron chi connectivity index (χ3n) is 3.37. The van der Waals surface area contributed by atoms with Crippen LogP contribution in [0.2, 0.25) is 0 Å². The first-order valence-corrected chi connectivity index (χ1v) is 9.10. The number of benzene rings is 2. The van der Waals surface area contributed by atoms with Gasteiger partial charge in [-0.2, -0.15) is 0 Å². The highest BCUT2D eigenvalue weighted by Gasteiger charge is 2.11. The highest BCUT2D eigenvalue weighted by atomic mass is 32.2. The van der Waals surface area contributed by atoms with E-state index in [1.165, 1.54) is 16.2 Å². The molecule has 0 saturated carbocycles. The number of methoxy groups -OCH3 is 1. The lowest BCUT2D eigenvalue weighted by atomic mass is 10.1. The average Bonchev–Trinajstić information content (AvgIpc) is 2.97. The predicted octanol–water partition coefficient (Wildman–Crippen LogP) is 4.21. The zero-order valence-electron chi connectivity index (χ0n) is 12.8. The summed E-state index contributed by atoms with van der Waals surface area (Å²) < 4.78 is 6.28. The molecule has 1 amide bonds. The Morgan fingerprint density at radius 2 is 2.04 bits per heavy atom. The topological polar surface area (TPSA) is 51.2 Å². The number of hydrogen-bond acceptors (Lipinski definition) is 5. The van der Waals surface area contributed by atoms with Crippen LogP contribution in [-0.2, 0) is 11.2 Å². The van der Waals surface area contributed by atoms with Gasteiger partial charge in [0, 0.05) is 4.90 Å². The van der Waals surface area contributed by atoms with E-state index in [1.807, 2.05) is 48.7 Å². The number of aromatic nitrogens is 1. The minimum absolute atomic E-state index is 0.0695. The minimum atomic E-state index is -0.0695. The summed E-state index contributed by atoms with van der Waals surface area (Å²) in [7, 11) is 1.62. The number of nitrogens with zero attached hydrogens (tertiary/aromatic N) is 1. The molecule has 0 radical (unpaired) electrons. The van der Waals surface area contributed by atoms with E-state index in [2.05, 4.69) is 10.3 Å². The van der Waals surface area contributed by atoms with E-state index in [9.17, 15) is 4.79 Å². The summed E-state index contributed by atoms with van der Waals surface area (Å²) >= 11 is 3.13. The first-order valence-electron chi connectivity index (χ1n) is 7.06. The molecule has 3 rings (SSSR count). The number of thioether (sulfide) groups is 1. The van der Waals surface area contributed by atoms with Gasteiger partial charge in [0.1, 0.15) is 11.3 Å². The van der Waals surface area contributed by atoms with E-state index in [0.29, 0.717) is 17.3 Å². The van der Waals surface area contributed by atoms with Gasteiger partial charge in [0.2, 0.25) is 5.91 Å². The molecule has 0 aliphatic carbocycles. The molecule has 23 heavy (non-hydrogen) atoms. The number of anilines is 1. The van der Waals surface area contributed by atoms with Gasteiger partial charge in [-0.25, -0.2) is 4.98 Å². The van der Waals surface area contributed by atoms with Crippen molar-refractivity contribution in [3.63, 3.8) is 0 Å². The van der Waals surface area contributed by atoms with Crippen molar-refractivity contribution in [2.45, 2.75) is 11.3 Å². The van der Waals surface area contributed by atoms with E-state index in [1.54, 1.807) is 18.9 Å². The summed E-state index contributed by atoms with van der Waals surface area (Å²) in [5.74, 6) is 0.645. The molecule has 0 unspecified atom stereocenters. The van der Waals surface area contributed by atoms with Crippen molar-refractivity contribution in [1.82, 2.24) is 4.98 Å². The van der Waals surface area contributed by atoms with Crippen molar-refractivity contribution in [3.8, 4) is 5.75 Å². The third kappa shape index (κ3) is 3.65. The van der Waals surface area contributed by atoms with Crippen LogP contribution >= 0.6 is 23.1 Å². The Morgan fingerprint density at radius 1 is 1.26 bits per heavy atom. The predicted molar refractivity (Wildman–Crippen MR) is 96.7 cm³/mol. The molecule has 0 spiro atoms. The number of carbonyl (C=O) groups is 1. The van der Waals surface area contributed by atoms with Gasteiger partial charge < -0.3 is 10.1 Å². The molecule has 1 aromatic heterocycles. The van der Waals surface area contributed by atoms with Gasteiger partial charge >= 0.3 is 0 Å². The van der Waals surface area contributed by atoms with Crippen LogP contribution in [0, 0.1) is 0 Å². The van der Waals surface area contributed by atoms with E-state index >= 15 is 0 Å². The second-order valence-corrected chi connectivity index (χ2v) is 6.81. The average molecular weight is 344 g/mol. The molecule has 0 bridgehead atoms. The number of carbonyl (C=O) groups excluding carboxylic acids is 1. The van der Waals surface area contributed by atoms with Crippen LogP contribution in [0.1, 0.15) is 5.56 Å². The lowest BCUT2D eigenvalue weighted by Crippen LogP contribution is -2.14. The van der Waals surface area contributed by atoms with Crippen LogP contribution in [-0.4, -0.2) is 24.3 Å². The Labute approximate surface area is 142 Å². The monoisotopic (exact) mass is 344 g/mol. The molecule has 0 saturated heterocycles. The fourth-order valence-electron chi connectivity index (χ4n) is 2.23. The quantitative estimate of drug-likeness (QED) is 0.705. The minimum Gasteiger partial charge on any atom is -0.494 e. The fourth-order valence-corrected chi connectivity index (χ4v) is 3.54. The molecule has 3 aromatic rings. The van der Waals surface area contributed by atoms with Crippen molar-refractivity contribution in [2.75, 3.05) is 18.7 Å². The van der Waals surface area contributed by atoms with Crippen molar-refractivity contribution in [1.29, 1.82) is 0 Å². The number of rotatable bonds is 5. The van der Waals surface area contributed by atoms with Gasteiger partial charge in [-0.15, -0.1) is 11.8 Å². The first kappa shape index (κ1) is 15.8. The highest BCUT2D eigenvalue weighted by Crippen LogP contribution is 2.32. The summed E-state index contributed by atoms with van der Waals surface area (Å²) in [6.45, 7) is 0. The molecule has 118 valence electrons. The molecular weight excluding hydrogens is 328 g/mol. The number of nitrogens with one attached hydrogen (secondary N) is 1. The maximum absolute atomic E-state index is 12.2. The van der Waals surface area contributed by atoms with Gasteiger partial charge in [-0.05, 0) is 36.1 Å². The van der Waals surface area contributed by atoms with Crippen molar-refractivity contribution >= 4 is 44.4 Å². The Kier molecular flexibility index (Phi) is 4.83. The summed E-state index contributed by atoms with van der Waals surface area (Å²) in [4.78, 5) is 17.8. The summed E-state index contributed by atoms with van der Waals surface area (Å²) in [5.41, 5.74) is 1.76. The molecule has 0 fully saturated rings. The lowest BCUT2D eigenvalue weighted by molar-refractivity contribution is -0.115. The number of para-hydroxylation sites is 1. The van der Waals surface area contributed by atoms with Crippen molar-refractivity contribution in [3.05, 3.63) is 48.0 Å². The first-order chi connectivity index (χ1) is 11.2. The van der Waals surface area contributed by atoms with Crippen LogP contribution in [0.15, 0.2) is 47.4 Å². The molecule has 0 atom stereocenters. The van der Waals surface area contributed by atoms with Crippen LogP contribution in [0.25, 0.3) is 10.2 Å². The Morgan fingerprint density at radius 3 is 2.74 bits per heavy atom. The molecule has 0 aliphatic heterocycles. The smallest absolute Gasteiger partial charge is 0.230 e. The van der Waals surface area contributed by atoms with Gasteiger partial charge in [-0.3, -0.25) is 4.79 Å². The second-order valence-electron chi connectivity index (χ2n) is 4.90. The van der Waals surface area contributed by atoms with Crippen LogP contribution in [0.4, 0.5) is 5.13 Å². The van der Waals surface area contributed by atoms with Gasteiger partial charge in [0.15, 0.2) is 5.13 Å². The zero-order chi connectivity index (χ0) is 16.2. The largest absolute Gasteiger partial charge is 0.494 e. The zero-order valence-corrected chi connectivity index (χ0v) is 14.5. The molecule has 4 nitrogen and oxygen atoms in total. The van der Waals surface area contributed by atoms with Crippen molar-refractivity contribution in [2.24, 2.45) is 0 Å². The lowest BCUT2D eigenvalue weighted by Gasteiger charge is -2.03. The van der Waals surface area contributed by atoms with Crippen LogP contribution in [0.3, 0.4) is 0 Å². The van der Waals surface area contributed by atoms with E-state index in [-0.39, 0.29) is 5.91 Å². The standard InChI is InChI=1S/C17H16N2O2S2/c1-21-13-4-3-5-14-16(13)19-17(23-14)18-15(20)10-11-6-8-12(22-2)9-7-11/h3-9H,10H2,1-2H3,(H,18,19,20). The van der Waals surface area contributed by atoms with Crippen molar-refractivity contribution < 1.29 is 9.53 Å². The number of amides is 1. The van der Waals surface area contributed by atoms with Crippen LogP contribution < -0.4 is 10.1 Å². The fraction of sp³-hybridized carbons (Fsp3) is 0.176. The summed E-state index contributed by atoms with van der Waals surface area (Å²) in [5, 5.41) is 3.46. The Hall–Kier alpha value is -2.05. The maximum atomic E-state index is 12.2. The highest BCUT2D eigenvalue weighted by molar-refractivity contribution is 7.98. The Bertz CT molecular complexity index is 828. The van der Waals surface area contributed by atoms with Gasteiger partial charge in [0.05, 0.1) is 18.2 Å². The number of ether oxygens (including phenoxy) is 1. The third-order valence-corrected chi connectivity index (χ3v) is 5.05. The van der Waals surface area contributed by atoms with Gasteiger partial charge in [0.25, 0.3) is 0 Å². The van der Waals surface area contributed by atoms with E-state index in [0.717, 1.165) is 15.8 Å². The van der Waals surface area contributed by atoms with E-state index < -0.39 is 0 Å². The molecule has 6 heteroatoms. The normalized spacial score (nSPS) is 10.7. The summed E-state index contributed by atoms with van der Waals surface area (Å²) in [6, 6.07) is 13.7. The summed E-state index contributed by atoms with van der Waals surface area (Å²) in [6.07, 6.45) is 2.37.